The lowest BCUT2D eigenvalue weighted by Gasteiger charge is -2.21. The average molecular weight is 267 g/mol. The van der Waals surface area contributed by atoms with Gasteiger partial charge in [0.25, 0.3) is 0 Å². The Morgan fingerprint density at radius 3 is 2.58 bits per heavy atom. The second-order valence-electron chi connectivity index (χ2n) is 5.31. The van der Waals surface area contributed by atoms with Crippen molar-refractivity contribution in [3.05, 3.63) is 12.2 Å². The monoisotopic (exact) mass is 267 g/mol. The Labute approximate surface area is 115 Å². The van der Waals surface area contributed by atoms with Crippen LogP contribution >= 0.6 is 0 Å². The van der Waals surface area contributed by atoms with Crippen molar-refractivity contribution in [1.82, 2.24) is 5.32 Å². The van der Waals surface area contributed by atoms with Crippen LogP contribution < -0.4 is 5.32 Å². The topological polar surface area (TPSA) is 66.4 Å². The fourth-order valence-corrected chi connectivity index (χ4v) is 2.57. The molecule has 1 rings (SSSR count). The molecule has 1 atom stereocenters. The smallest absolute Gasteiger partial charge is 0.326 e. The van der Waals surface area contributed by atoms with Crippen molar-refractivity contribution in [3.63, 3.8) is 0 Å². The summed E-state index contributed by atoms with van der Waals surface area (Å²) in [5.74, 6) is -0.454. The van der Waals surface area contributed by atoms with Crippen LogP contribution in [0.3, 0.4) is 0 Å². The summed E-state index contributed by atoms with van der Waals surface area (Å²) in [6, 6.07) is -0.796. The maximum absolute atomic E-state index is 11.8. The van der Waals surface area contributed by atoms with E-state index >= 15 is 0 Å². The van der Waals surface area contributed by atoms with Gasteiger partial charge in [0, 0.05) is 6.42 Å². The molecule has 108 valence electrons. The fourth-order valence-electron chi connectivity index (χ4n) is 2.57. The number of hydrogen-bond acceptors (Lipinski definition) is 2. The molecule has 0 saturated heterocycles. The van der Waals surface area contributed by atoms with Crippen molar-refractivity contribution in [2.24, 2.45) is 5.92 Å². The molecule has 0 aromatic heterocycles. The predicted octanol–water partition coefficient (Wildman–Crippen LogP) is 2.88. The quantitative estimate of drug-likeness (QED) is 0.697. The van der Waals surface area contributed by atoms with E-state index in [9.17, 15) is 9.59 Å². The summed E-state index contributed by atoms with van der Waals surface area (Å²) in [6.07, 6.45) is 11.5. The molecule has 1 aliphatic rings. The van der Waals surface area contributed by atoms with Gasteiger partial charge in [-0.3, -0.25) is 4.79 Å². The van der Waals surface area contributed by atoms with Gasteiger partial charge < -0.3 is 10.4 Å². The third kappa shape index (κ3) is 6.41. The Bertz CT molecular complexity index is 319. The molecule has 1 amide bonds. The molecule has 0 radical (unpaired) electrons. The number of rotatable bonds is 7. The first kappa shape index (κ1) is 15.7. The summed E-state index contributed by atoms with van der Waals surface area (Å²) in [7, 11) is 0. The van der Waals surface area contributed by atoms with Crippen molar-refractivity contribution < 1.29 is 14.7 Å². The third-order valence-electron chi connectivity index (χ3n) is 3.75. The minimum atomic E-state index is -0.968. The molecule has 4 heteroatoms. The van der Waals surface area contributed by atoms with E-state index in [1.54, 1.807) is 12.2 Å². The van der Waals surface area contributed by atoms with Crippen LogP contribution in [0.1, 0.15) is 58.3 Å². The van der Waals surface area contributed by atoms with E-state index in [0.29, 0.717) is 18.8 Å². The van der Waals surface area contributed by atoms with Gasteiger partial charge in [0.1, 0.15) is 6.04 Å². The van der Waals surface area contributed by atoms with Crippen molar-refractivity contribution in [3.8, 4) is 0 Å². The van der Waals surface area contributed by atoms with Crippen LogP contribution in [0.5, 0.6) is 0 Å². The first-order valence-electron chi connectivity index (χ1n) is 7.26. The molecular formula is C15H25NO3. The number of hydrogen-bond donors (Lipinski definition) is 2. The van der Waals surface area contributed by atoms with Crippen LogP contribution in [0.25, 0.3) is 0 Å². The molecule has 0 aliphatic heterocycles. The lowest BCUT2D eigenvalue weighted by molar-refractivity contribution is -0.141. The van der Waals surface area contributed by atoms with Gasteiger partial charge in [0.15, 0.2) is 0 Å². The Balaban J connectivity index is 2.29. The number of amides is 1. The minimum absolute atomic E-state index is 0.137. The fraction of sp³-hybridized carbons (Fsp3) is 0.733. The average Bonchev–Trinajstić information content (AvgIpc) is 2.42. The summed E-state index contributed by atoms with van der Waals surface area (Å²) in [5, 5.41) is 11.6. The Kier molecular flexibility index (Phi) is 7.23. The lowest BCUT2D eigenvalue weighted by atomic mass is 9.86. The molecule has 0 bridgehead atoms. The second-order valence-corrected chi connectivity index (χ2v) is 5.31. The molecule has 1 fully saturated rings. The largest absolute Gasteiger partial charge is 0.480 e. The summed E-state index contributed by atoms with van der Waals surface area (Å²) in [4.78, 5) is 22.8. The SMILES string of the molecule is C/C=C/CC(NC(=O)CCC1CCCCC1)C(=O)O. The van der Waals surface area contributed by atoms with Gasteiger partial charge in [-0.2, -0.15) is 0 Å². The van der Waals surface area contributed by atoms with Crippen LogP contribution in [0.2, 0.25) is 0 Å². The van der Waals surface area contributed by atoms with E-state index in [0.717, 1.165) is 6.42 Å². The van der Waals surface area contributed by atoms with Crippen molar-refractivity contribution in [2.75, 3.05) is 0 Å². The zero-order chi connectivity index (χ0) is 14.1. The van der Waals surface area contributed by atoms with Gasteiger partial charge in [-0.1, -0.05) is 44.3 Å². The summed E-state index contributed by atoms with van der Waals surface area (Å²) >= 11 is 0. The molecule has 0 aromatic carbocycles. The highest BCUT2D eigenvalue weighted by molar-refractivity contribution is 5.83. The molecule has 1 unspecified atom stereocenters. The molecular weight excluding hydrogens is 242 g/mol. The van der Waals surface area contributed by atoms with Crippen molar-refractivity contribution in [1.29, 1.82) is 0 Å². The van der Waals surface area contributed by atoms with Crippen LogP contribution in [-0.2, 0) is 9.59 Å². The Morgan fingerprint density at radius 1 is 1.32 bits per heavy atom. The third-order valence-corrected chi connectivity index (χ3v) is 3.75. The highest BCUT2D eigenvalue weighted by atomic mass is 16.4. The standard InChI is InChI=1S/C15H25NO3/c1-2-3-9-13(15(18)19)16-14(17)11-10-12-7-5-4-6-8-12/h2-3,12-13H,4-11H2,1H3,(H,16,17)(H,18,19)/b3-2+. The Hall–Kier alpha value is -1.32. The molecule has 4 nitrogen and oxygen atoms in total. The first-order chi connectivity index (χ1) is 9.13. The molecule has 1 saturated carbocycles. The Morgan fingerprint density at radius 2 is 2.00 bits per heavy atom. The highest BCUT2D eigenvalue weighted by Gasteiger charge is 2.19. The number of carboxylic acids is 1. The molecule has 2 N–H and O–H groups in total. The van der Waals surface area contributed by atoms with E-state index in [1.807, 2.05) is 6.92 Å². The van der Waals surface area contributed by atoms with Crippen LogP contribution in [0.15, 0.2) is 12.2 Å². The number of aliphatic carboxylic acids is 1. The van der Waals surface area contributed by atoms with Gasteiger partial charge in [-0.25, -0.2) is 4.79 Å². The van der Waals surface area contributed by atoms with Crippen LogP contribution in [0.4, 0.5) is 0 Å². The van der Waals surface area contributed by atoms with Crippen LogP contribution in [0, 0.1) is 5.92 Å². The molecule has 19 heavy (non-hydrogen) atoms. The summed E-state index contributed by atoms with van der Waals surface area (Å²) in [6.45, 7) is 1.84. The molecule has 0 aromatic rings. The second kappa shape index (κ2) is 8.73. The van der Waals surface area contributed by atoms with Crippen LogP contribution in [-0.4, -0.2) is 23.0 Å². The summed E-state index contributed by atoms with van der Waals surface area (Å²) in [5.41, 5.74) is 0. The molecule has 0 heterocycles. The van der Waals surface area contributed by atoms with E-state index < -0.39 is 12.0 Å². The zero-order valence-electron chi connectivity index (χ0n) is 11.7. The number of allylic oxidation sites excluding steroid dienone is 1. The number of carbonyl (C=O) groups excluding carboxylic acids is 1. The highest BCUT2D eigenvalue weighted by Crippen LogP contribution is 2.27. The van der Waals surface area contributed by atoms with Gasteiger partial charge in [0.2, 0.25) is 5.91 Å². The number of carboxylic acid groups (broad SMARTS) is 1. The number of carbonyl (C=O) groups is 2. The van der Waals surface area contributed by atoms with Gasteiger partial charge >= 0.3 is 5.97 Å². The van der Waals surface area contributed by atoms with Gasteiger partial charge in [0.05, 0.1) is 0 Å². The van der Waals surface area contributed by atoms with E-state index in [2.05, 4.69) is 5.32 Å². The predicted molar refractivity (Wildman–Crippen MR) is 74.8 cm³/mol. The van der Waals surface area contributed by atoms with Gasteiger partial charge in [-0.15, -0.1) is 0 Å². The van der Waals surface area contributed by atoms with Crippen molar-refractivity contribution in [2.45, 2.75) is 64.3 Å². The maximum Gasteiger partial charge on any atom is 0.326 e. The molecule has 1 aliphatic carbocycles. The normalized spacial score (nSPS) is 18.4. The molecule has 0 spiro atoms. The first-order valence-corrected chi connectivity index (χ1v) is 7.26. The minimum Gasteiger partial charge on any atom is -0.480 e. The lowest BCUT2D eigenvalue weighted by Crippen LogP contribution is -2.40. The number of nitrogens with one attached hydrogen (secondary N) is 1. The van der Waals surface area contributed by atoms with Gasteiger partial charge in [-0.05, 0) is 25.7 Å². The van der Waals surface area contributed by atoms with E-state index in [4.69, 9.17) is 5.11 Å². The summed E-state index contributed by atoms with van der Waals surface area (Å²) < 4.78 is 0. The maximum atomic E-state index is 11.8. The van der Waals surface area contributed by atoms with Crippen molar-refractivity contribution >= 4 is 11.9 Å². The zero-order valence-corrected chi connectivity index (χ0v) is 11.7. The van der Waals surface area contributed by atoms with E-state index in [1.165, 1.54) is 32.1 Å². The van der Waals surface area contributed by atoms with E-state index in [-0.39, 0.29) is 5.91 Å².